The topological polar surface area (TPSA) is 76.9 Å². The second kappa shape index (κ2) is 12.9. The molecule has 0 spiro atoms. The van der Waals surface area contributed by atoms with E-state index in [-0.39, 0.29) is 10.7 Å². The third-order valence-electron chi connectivity index (χ3n) is 6.37. The number of thioether (sulfide) groups is 1. The van der Waals surface area contributed by atoms with E-state index >= 15 is 0 Å². The molecule has 210 valence electrons. The van der Waals surface area contributed by atoms with Crippen LogP contribution in [0.25, 0.3) is 5.69 Å². The maximum absolute atomic E-state index is 13.6. The predicted octanol–water partition coefficient (Wildman–Crippen LogP) is 7.69. The summed E-state index contributed by atoms with van der Waals surface area (Å²) in [6.07, 6.45) is 0.330. The number of aryl methyl sites for hydroxylation is 1. The summed E-state index contributed by atoms with van der Waals surface area (Å²) in [5.74, 6) is 0.619. The van der Waals surface area contributed by atoms with Crippen LogP contribution in [0, 0.1) is 12.7 Å². The van der Waals surface area contributed by atoms with Gasteiger partial charge in [-0.3, -0.25) is 4.57 Å². The van der Waals surface area contributed by atoms with Gasteiger partial charge in [-0.25, -0.2) is 17.5 Å². The third-order valence-corrected chi connectivity index (χ3v) is 9.62. The van der Waals surface area contributed by atoms with Gasteiger partial charge < -0.3 is 0 Å². The Kier molecular flexibility index (Phi) is 9.25. The fourth-order valence-corrected chi connectivity index (χ4v) is 6.82. The van der Waals surface area contributed by atoms with Crippen LogP contribution in [0.5, 0.6) is 0 Å². The molecule has 0 radical (unpaired) electrons. The molecule has 5 aromatic rings. The molecule has 0 amide bonds. The first-order valence-corrected chi connectivity index (χ1v) is 16.2. The number of hydrogen-bond acceptors (Lipinski definition) is 5. The van der Waals surface area contributed by atoms with Crippen molar-refractivity contribution >= 4 is 49.3 Å². The summed E-state index contributed by atoms with van der Waals surface area (Å²) in [6, 6.07) is 27.1. The van der Waals surface area contributed by atoms with Crippen molar-refractivity contribution in [2.24, 2.45) is 0 Å². The molecule has 6 nitrogen and oxygen atoms in total. The van der Waals surface area contributed by atoms with Gasteiger partial charge in [-0.2, -0.15) is 0 Å². The molecule has 1 heterocycles. The fraction of sp³-hybridized carbons (Fsp3) is 0.133. The van der Waals surface area contributed by atoms with Gasteiger partial charge in [0.2, 0.25) is 10.0 Å². The molecule has 0 fully saturated rings. The molecule has 4 aromatic carbocycles. The van der Waals surface area contributed by atoms with Gasteiger partial charge >= 0.3 is 0 Å². The number of rotatable bonds is 10. The van der Waals surface area contributed by atoms with E-state index in [1.807, 2.05) is 54.0 Å². The quantitative estimate of drug-likeness (QED) is 0.154. The van der Waals surface area contributed by atoms with Gasteiger partial charge in [-0.15, -0.1) is 10.2 Å². The monoisotopic (exact) mass is 670 g/mol. The van der Waals surface area contributed by atoms with Crippen LogP contribution in [-0.4, -0.2) is 23.2 Å². The van der Waals surface area contributed by atoms with Gasteiger partial charge in [0.15, 0.2) is 11.0 Å². The molecule has 0 bridgehead atoms. The van der Waals surface area contributed by atoms with Gasteiger partial charge in [0, 0.05) is 15.2 Å². The molecular weight excluding hydrogens is 647 g/mol. The maximum atomic E-state index is 13.6. The number of sulfonamides is 1. The molecule has 1 atom stereocenters. The summed E-state index contributed by atoms with van der Waals surface area (Å²) in [5, 5.41) is 10.1. The second-order valence-electron chi connectivity index (χ2n) is 9.34. The van der Waals surface area contributed by atoms with Crippen molar-refractivity contribution in [1.82, 2.24) is 19.5 Å². The zero-order valence-electron chi connectivity index (χ0n) is 21.8. The predicted molar refractivity (Wildman–Crippen MR) is 164 cm³/mol. The van der Waals surface area contributed by atoms with Gasteiger partial charge in [-0.1, -0.05) is 87.8 Å². The molecule has 0 aliphatic carbocycles. The maximum Gasteiger partial charge on any atom is 0.241 e. The third kappa shape index (κ3) is 7.25. The van der Waals surface area contributed by atoms with E-state index in [0.717, 1.165) is 26.9 Å². The molecule has 1 unspecified atom stereocenters. The first kappa shape index (κ1) is 29.5. The van der Waals surface area contributed by atoms with Gasteiger partial charge in [-0.05, 0) is 78.6 Å². The number of nitrogens with zero attached hydrogens (tertiary/aromatic N) is 3. The number of nitrogens with one attached hydrogen (secondary N) is 1. The minimum atomic E-state index is -3.93. The van der Waals surface area contributed by atoms with Crippen LogP contribution in [0.1, 0.15) is 28.6 Å². The number of hydrogen-bond donors (Lipinski definition) is 1. The highest BCUT2D eigenvalue weighted by molar-refractivity contribution is 9.10. The van der Waals surface area contributed by atoms with Crippen LogP contribution in [0.3, 0.4) is 0 Å². The standard InChI is InChI=1S/C30H25BrClFN4O2S2/c1-20-7-12-24(32)18-28(20)37-29(34-35-30(37)40-19-22-8-13-25(33)14-9-22)27(17-21-5-3-2-4-6-21)36-41(38,39)26-15-10-23(31)11-16-26/h2-16,18,27,36H,17,19H2,1H3. The summed E-state index contributed by atoms with van der Waals surface area (Å²) in [4.78, 5) is 0.134. The first-order valence-electron chi connectivity index (χ1n) is 12.6. The van der Waals surface area contributed by atoms with Crippen molar-refractivity contribution in [1.29, 1.82) is 0 Å². The smallest absolute Gasteiger partial charge is 0.241 e. The minimum absolute atomic E-state index is 0.134. The molecule has 0 aliphatic heterocycles. The Morgan fingerprint density at radius 3 is 2.37 bits per heavy atom. The molecule has 41 heavy (non-hydrogen) atoms. The first-order chi connectivity index (χ1) is 19.7. The summed E-state index contributed by atoms with van der Waals surface area (Å²) in [6.45, 7) is 1.95. The normalized spacial score (nSPS) is 12.4. The summed E-state index contributed by atoms with van der Waals surface area (Å²) in [7, 11) is -3.93. The molecule has 5 rings (SSSR count). The molecule has 0 saturated heterocycles. The second-order valence-corrected chi connectivity index (χ2v) is 13.3. The summed E-state index contributed by atoms with van der Waals surface area (Å²) >= 11 is 11.2. The lowest BCUT2D eigenvalue weighted by atomic mass is 10.1. The minimum Gasteiger partial charge on any atom is -0.272 e. The molecular formula is C30H25BrClFN4O2S2. The molecule has 1 aromatic heterocycles. The summed E-state index contributed by atoms with van der Waals surface area (Å²) < 4.78 is 46.2. The van der Waals surface area contributed by atoms with Crippen LogP contribution in [0.2, 0.25) is 5.02 Å². The van der Waals surface area contributed by atoms with Crippen LogP contribution in [0.4, 0.5) is 4.39 Å². The molecule has 0 aliphatic rings. The van der Waals surface area contributed by atoms with E-state index in [2.05, 4.69) is 30.8 Å². The van der Waals surface area contributed by atoms with E-state index in [0.29, 0.717) is 28.2 Å². The van der Waals surface area contributed by atoms with Crippen molar-refractivity contribution < 1.29 is 12.8 Å². The molecule has 1 N–H and O–H groups in total. The lowest BCUT2D eigenvalue weighted by Gasteiger charge is -2.21. The zero-order chi connectivity index (χ0) is 29.0. The average molecular weight is 672 g/mol. The average Bonchev–Trinajstić information content (AvgIpc) is 3.38. The van der Waals surface area contributed by atoms with Crippen LogP contribution in [0.15, 0.2) is 112 Å². The SMILES string of the molecule is Cc1ccc(Cl)cc1-n1c(SCc2ccc(F)cc2)nnc1C(Cc1ccccc1)NS(=O)(=O)c1ccc(Br)cc1. The van der Waals surface area contributed by atoms with E-state index in [9.17, 15) is 12.8 Å². The van der Waals surface area contributed by atoms with E-state index in [4.69, 9.17) is 11.6 Å². The van der Waals surface area contributed by atoms with Gasteiger partial charge in [0.25, 0.3) is 0 Å². The Bertz CT molecular complexity index is 1750. The number of benzene rings is 4. The number of aromatic nitrogens is 3. The van der Waals surface area contributed by atoms with Crippen molar-refractivity contribution in [2.75, 3.05) is 0 Å². The van der Waals surface area contributed by atoms with Gasteiger partial charge in [0.05, 0.1) is 16.6 Å². The van der Waals surface area contributed by atoms with E-state index < -0.39 is 16.1 Å². The van der Waals surface area contributed by atoms with Crippen molar-refractivity contribution in [3.63, 3.8) is 0 Å². The van der Waals surface area contributed by atoms with Crippen LogP contribution < -0.4 is 4.72 Å². The highest BCUT2D eigenvalue weighted by Crippen LogP contribution is 2.32. The largest absolute Gasteiger partial charge is 0.272 e. The molecule has 0 saturated carbocycles. The molecule has 11 heteroatoms. The Balaban J connectivity index is 1.60. The van der Waals surface area contributed by atoms with Crippen LogP contribution in [-0.2, 0) is 22.2 Å². The van der Waals surface area contributed by atoms with Crippen molar-refractivity contribution in [3.05, 3.63) is 135 Å². The van der Waals surface area contributed by atoms with E-state index in [1.54, 1.807) is 42.5 Å². The Labute approximate surface area is 256 Å². The zero-order valence-corrected chi connectivity index (χ0v) is 25.8. The highest BCUT2D eigenvalue weighted by Gasteiger charge is 2.29. The van der Waals surface area contributed by atoms with E-state index in [1.165, 1.54) is 23.9 Å². The summed E-state index contributed by atoms with van der Waals surface area (Å²) in [5.41, 5.74) is 3.48. The lowest BCUT2D eigenvalue weighted by molar-refractivity contribution is 0.537. The Hall–Kier alpha value is -3.02. The van der Waals surface area contributed by atoms with Crippen molar-refractivity contribution in [2.45, 2.75) is 35.2 Å². The van der Waals surface area contributed by atoms with Gasteiger partial charge in [0.1, 0.15) is 5.82 Å². The Morgan fingerprint density at radius 2 is 1.66 bits per heavy atom. The lowest BCUT2D eigenvalue weighted by Crippen LogP contribution is -2.32. The van der Waals surface area contributed by atoms with Crippen LogP contribution >= 0.6 is 39.3 Å². The van der Waals surface area contributed by atoms with Crippen molar-refractivity contribution in [3.8, 4) is 5.69 Å². The fourth-order valence-electron chi connectivity index (χ4n) is 4.28. The Morgan fingerprint density at radius 1 is 0.951 bits per heavy atom. The highest BCUT2D eigenvalue weighted by atomic mass is 79.9. The number of halogens is 3.